The van der Waals surface area contributed by atoms with E-state index in [9.17, 15) is 9.59 Å². The molecule has 0 spiro atoms. The van der Waals surface area contributed by atoms with Crippen LogP contribution in [0.4, 0.5) is 0 Å². The third-order valence-corrected chi connectivity index (χ3v) is 2.50. The number of likely N-dealkylation sites (N-methyl/N-ethyl adjacent to an activating group) is 1. The van der Waals surface area contributed by atoms with E-state index in [1.54, 1.807) is 13.1 Å². The van der Waals surface area contributed by atoms with Crippen molar-refractivity contribution < 1.29 is 19.1 Å². The summed E-state index contributed by atoms with van der Waals surface area (Å²) in [6.45, 7) is 1.86. The lowest BCUT2D eigenvalue weighted by molar-refractivity contribution is -0.143. The summed E-state index contributed by atoms with van der Waals surface area (Å²) in [5, 5.41) is 0. The number of hydrogen-bond acceptors (Lipinski definition) is 4. The summed E-state index contributed by atoms with van der Waals surface area (Å²) in [6.07, 6.45) is 0. The van der Waals surface area contributed by atoms with Gasteiger partial charge in [-0.05, 0) is 17.7 Å². The molecule has 0 saturated heterocycles. The third-order valence-electron chi connectivity index (χ3n) is 2.50. The maximum absolute atomic E-state index is 11.4. The Labute approximate surface area is 98.9 Å². The summed E-state index contributed by atoms with van der Waals surface area (Å²) in [6, 6.07) is 5.45. The first-order valence-corrected chi connectivity index (χ1v) is 5.22. The Morgan fingerprint density at radius 3 is 2.71 bits per heavy atom. The van der Waals surface area contributed by atoms with Gasteiger partial charge in [-0.25, -0.2) is 0 Å². The molecule has 0 N–H and O–H groups in total. The van der Waals surface area contributed by atoms with E-state index in [-0.39, 0.29) is 6.79 Å². The van der Waals surface area contributed by atoms with Gasteiger partial charge in [-0.3, -0.25) is 9.59 Å². The quantitative estimate of drug-likeness (QED) is 0.732. The number of benzene rings is 1. The lowest BCUT2D eigenvalue weighted by atomic mass is 10.2. The van der Waals surface area contributed by atoms with Crippen LogP contribution in [-0.2, 0) is 16.1 Å². The van der Waals surface area contributed by atoms with Crippen LogP contribution in [0.5, 0.6) is 11.5 Å². The number of carbonyl (C=O) groups excluding carboxylic acids is 2. The largest absolute Gasteiger partial charge is 0.454 e. The van der Waals surface area contributed by atoms with E-state index in [0.29, 0.717) is 18.0 Å². The number of carbonyl (C=O) groups is 2. The number of ketones is 1. The number of hydrogen-bond donors (Lipinski definition) is 0. The van der Waals surface area contributed by atoms with E-state index in [4.69, 9.17) is 9.47 Å². The van der Waals surface area contributed by atoms with Crippen LogP contribution in [0.15, 0.2) is 18.2 Å². The van der Waals surface area contributed by atoms with Crippen LogP contribution < -0.4 is 9.47 Å². The molecular formula is C12H13NO4. The molecule has 5 nitrogen and oxygen atoms in total. The molecule has 1 heterocycles. The van der Waals surface area contributed by atoms with Crippen molar-refractivity contribution in [2.75, 3.05) is 13.8 Å². The van der Waals surface area contributed by atoms with Gasteiger partial charge in [0, 0.05) is 20.5 Å². The Morgan fingerprint density at radius 2 is 2.00 bits per heavy atom. The first-order valence-electron chi connectivity index (χ1n) is 5.22. The van der Waals surface area contributed by atoms with Crippen molar-refractivity contribution in [3.63, 3.8) is 0 Å². The van der Waals surface area contributed by atoms with Gasteiger partial charge in [-0.2, -0.15) is 0 Å². The van der Waals surface area contributed by atoms with E-state index in [1.165, 1.54) is 11.8 Å². The summed E-state index contributed by atoms with van der Waals surface area (Å²) in [5.41, 5.74) is 0.895. The van der Waals surface area contributed by atoms with Gasteiger partial charge in [0.05, 0.1) is 0 Å². The summed E-state index contributed by atoms with van der Waals surface area (Å²) in [7, 11) is 1.59. The third kappa shape index (κ3) is 2.38. The van der Waals surface area contributed by atoms with Gasteiger partial charge >= 0.3 is 0 Å². The van der Waals surface area contributed by atoms with Crippen LogP contribution in [0.2, 0.25) is 0 Å². The minimum absolute atomic E-state index is 0.223. The Kier molecular flexibility index (Phi) is 2.99. The number of rotatable bonds is 3. The Balaban J connectivity index is 2.09. The van der Waals surface area contributed by atoms with Gasteiger partial charge in [0.15, 0.2) is 11.5 Å². The predicted molar refractivity (Wildman–Crippen MR) is 59.7 cm³/mol. The normalized spacial score (nSPS) is 12.4. The van der Waals surface area contributed by atoms with Gasteiger partial charge in [-0.15, -0.1) is 0 Å². The molecule has 2 rings (SSSR count). The number of fused-ring (bicyclic) bond motifs is 1. The highest BCUT2D eigenvalue weighted by Gasteiger charge is 2.17. The fourth-order valence-corrected chi connectivity index (χ4v) is 1.65. The monoisotopic (exact) mass is 235 g/mol. The van der Waals surface area contributed by atoms with E-state index >= 15 is 0 Å². The number of amides is 1. The number of ether oxygens (including phenoxy) is 2. The lowest BCUT2D eigenvalue weighted by Crippen LogP contribution is -2.31. The molecule has 0 bridgehead atoms. The molecule has 0 radical (unpaired) electrons. The highest BCUT2D eigenvalue weighted by Crippen LogP contribution is 2.32. The molecule has 5 heteroatoms. The molecule has 1 aromatic carbocycles. The Hall–Kier alpha value is -2.04. The van der Waals surface area contributed by atoms with Crippen LogP contribution in [0.25, 0.3) is 0 Å². The average molecular weight is 235 g/mol. The minimum atomic E-state index is -0.498. The summed E-state index contributed by atoms with van der Waals surface area (Å²) in [5.74, 6) is 0.413. The van der Waals surface area contributed by atoms with Crippen LogP contribution in [0.3, 0.4) is 0 Å². The zero-order chi connectivity index (χ0) is 12.4. The molecule has 0 aromatic heterocycles. The van der Waals surface area contributed by atoms with E-state index < -0.39 is 11.7 Å². The fourth-order valence-electron chi connectivity index (χ4n) is 1.65. The molecule has 1 aliphatic rings. The zero-order valence-corrected chi connectivity index (χ0v) is 9.73. The number of Topliss-reactive ketones (excluding diaryl/α,β-unsaturated/α-hetero) is 1. The highest BCUT2D eigenvalue weighted by molar-refractivity contribution is 6.34. The van der Waals surface area contributed by atoms with E-state index in [1.807, 2.05) is 12.1 Å². The van der Waals surface area contributed by atoms with Crippen LogP contribution >= 0.6 is 0 Å². The smallest absolute Gasteiger partial charge is 0.289 e. The fraction of sp³-hybridized carbons (Fsp3) is 0.333. The second kappa shape index (κ2) is 4.45. The molecule has 1 aliphatic heterocycles. The van der Waals surface area contributed by atoms with Crippen molar-refractivity contribution in [1.29, 1.82) is 0 Å². The van der Waals surface area contributed by atoms with Gasteiger partial charge in [0.1, 0.15) is 0 Å². The molecule has 0 fully saturated rings. The Morgan fingerprint density at radius 1 is 1.29 bits per heavy atom. The maximum Gasteiger partial charge on any atom is 0.289 e. The van der Waals surface area contributed by atoms with E-state index in [0.717, 1.165) is 5.56 Å². The molecular weight excluding hydrogens is 222 g/mol. The van der Waals surface area contributed by atoms with E-state index in [2.05, 4.69) is 0 Å². The predicted octanol–water partition coefficient (Wildman–Crippen LogP) is 0.963. The SMILES string of the molecule is CC(=O)C(=O)N(C)Cc1ccc2c(c1)OCO2. The second-order valence-electron chi connectivity index (χ2n) is 3.91. The van der Waals surface area contributed by atoms with Crippen molar-refractivity contribution in [2.45, 2.75) is 13.5 Å². The summed E-state index contributed by atoms with van der Waals surface area (Å²) < 4.78 is 10.4. The van der Waals surface area contributed by atoms with Gasteiger partial charge in [-0.1, -0.05) is 6.07 Å². The molecule has 90 valence electrons. The van der Waals surface area contributed by atoms with Crippen molar-refractivity contribution in [1.82, 2.24) is 4.90 Å². The topological polar surface area (TPSA) is 55.8 Å². The van der Waals surface area contributed by atoms with Crippen molar-refractivity contribution in [3.8, 4) is 11.5 Å². The maximum atomic E-state index is 11.4. The molecule has 0 aliphatic carbocycles. The molecule has 1 aromatic rings. The first-order chi connectivity index (χ1) is 8.08. The van der Waals surface area contributed by atoms with Gasteiger partial charge in [0.2, 0.25) is 12.6 Å². The highest BCUT2D eigenvalue weighted by atomic mass is 16.7. The molecule has 17 heavy (non-hydrogen) atoms. The summed E-state index contributed by atoms with van der Waals surface area (Å²) in [4.78, 5) is 23.7. The first kappa shape index (κ1) is 11.4. The molecule has 0 atom stereocenters. The average Bonchev–Trinajstić information content (AvgIpc) is 2.74. The molecule has 0 saturated carbocycles. The van der Waals surface area contributed by atoms with Crippen molar-refractivity contribution >= 4 is 11.7 Å². The molecule has 1 amide bonds. The summed E-state index contributed by atoms with van der Waals surface area (Å²) >= 11 is 0. The standard InChI is InChI=1S/C12H13NO4/c1-8(14)12(15)13(2)6-9-3-4-10-11(5-9)17-7-16-10/h3-5H,6-7H2,1-2H3. The lowest BCUT2D eigenvalue weighted by Gasteiger charge is -2.15. The Bertz CT molecular complexity index is 470. The second-order valence-corrected chi connectivity index (χ2v) is 3.91. The van der Waals surface area contributed by atoms with Crippen LogP contribution in [-0.4, -0.2) is 30.4 Å². The van der Waals surface area contributed by atoms with Crippen molar-refractivity contribution in [3.05, 3.63) is 23.8 Å². The van der Waals surface area contributed by atoms with Crippen LogP contribution in [0.1, 0.15) is 12.5 Å². The van der Waals surface area contributed by atoms with Crippen LogP contribution in [0, 0.1) is 0 Å². The van der Waals surface area contributed by atoms with Gasteiger partial charge < -0.3 is 14.4 Å². The molecule has 0 unspecified atom stereocenters. The minimum Gasteiger partial charge on any atom is -0.454 e. The zero-order valence-electron chi connectivity index (χ0n) is 9.73. The van der Waals surface area contributed by atoms with Crippen molar-refractivity contribution in [2.24, 2.45) is 0 Å². The van der Waals surface area contributed by atoms with Gasteiger partial charge in [0.25, 0.3) is 5.91 Å². The number of nitrogens with zero attached hydrogens (tertiary/aromatic N) is 1.